The molecule has 8 heteroatoms. The van der Waals surface area contributed by atoms with Crippen LogP contribution in [0.1, 0.15) is 11.3 Å². The molecule has 0 radical (unpaired) electrons. The number of ether oxygens (including phenoxy) is 1. The molecule has 17 heavy (non-hydrogen) atoms. The van der Waals surface area contributed by atoms with Gasteiger partial charge in [0.2, 0.25) is 5.88 Å². The maximum atomic E-state index is 12.1. The van der Waals surface area contributed by atoms with Crippen molar-refractivity contribution in [3.63, 3.8) is 0 Å². The fraction of sp³-hybridized carbons (Fsp3) is 0.333. The second-order valence-corrected chi connectivity index (χ2v) is 4.25. The molecule has 4 nitrogen and oxygen atoms in total. The van der Waals surface area contributed by atoms with Gasteiger partial charge in [0.1, 0.15) is 0 Å². The zero-order valence-electron chi connectivity index (χ0n) is 8.51. The number of rotatable bonds is 3. The van der Waals surface area contributed by atoms with Crippen LogP contribution in [0.15, 0.2) is 6.07 Å². The summed E-state index contributed by atoms with van der Waals surface area (Å²) >= 11 is 1.66. The number of carboxylic acid groups (broad SMARTS) is 1. The van der Waals surface area contributed by atoms with Crippen LogP contribution in [0, 0.1) is 10.5 Å². The lowest BCUT2D eigenvalue weighted by molar-refractivity contribution is -0.276. The first-order chi connectivity index (χ1) is 7.69. The van der Waals surface area contributed by atoms with Crippen LogP contribution < -0.4 is 4.74 Å². The molecular weight excluding hydrogens is 354 g/mol. The SMILES string of the molecule is Cc1cc(CC(=O)O)nc(OC(F)(F)F)c1I. The summed E-state index contributed by atoms with van der Waals surface area (Å²) < 4.78 is 40.1. The number of aliphatic carboxylic acids is 1. The minimum absolute atomic E-state index is 0.0228. The highest BCUT2D eigenvalue weighted by Crippen LogP contribution is 2.28. The second kappa shape index (κ2) is 5.07. The summed E-state index contributed by atoms with van der Waals surface area (Å²) in [7, 11) is 0. The van der Waals surface area contributed by atoms with Gasteiger partial charge in [-0.1, -0.05) is 0 Å². The summed E-state index contributed by atoms with van der Waals surface area (Å²) in [6.45, 7) is 1.55. The summed E-state index contributed by atoms with van der Waals surface area (Å²) in [5.41, 5.74) is 0.505. The molecule has 1 heterocycles. The molecule has 0 aliphatic rings. The van der Waals surface area contributed by atoms with Crippen molar-refractivity contribution < 1.29 is 27.8 Å². The Labute approximate surface area is 108 Å². The molecule has 0 fully saturated rings. The molecule has 0 atom stereocenters. The van der Waals surface area contributed by atoms with Crippen LogP contribution in [0.4, 0.5) is 13.2 Å². The monoisotopic (exact) mass is 361 g/mol. The van der Waals surface area contributed by atoms with Gasteiger partial charge in [-0.25, -0.2) is 4.98 Å². The molecule has 0 saturated carbocycles. The minimum Gasteiger partial charge on any atom is -0.481 e. The van der Waals surface area contributed by atoms with Crippen molar-refractivity contribution in [3.05, 3.63) is 20.9 Å². The van der Waals surface area contributed by atoms with Gasteiger partial charge in [-0.05, 0) is 41.1 Å². The smallest absolute Gasteiger partial charge is 0.481 e. The number of nitrogens with zero attached hydrogens (tertiary/aromatic N) is 1. The number of alkyl halides is 3. The zero-order chi connectivity index (χ0) is 13.2. The standard InChI is InChI=1S/C9H7F3INO3/c1-4-2-5(3-6(15)16)14-8(7(4)13)17-9(10,11)12/h2H,3H2,1H3,(H,15,16). The first kappa shape index (κ1) is 14.0. The van der Waals surface area contributed by atoms with Crippen molar-refractivity contribution >= 4 is 28.6 Å². The van der Waals surface area contributed by atoms with E-state index in [1.807, 2.05) is 0 Å². The first-order valence-corrected chi connectivity index (χ1v) is 5.40. The van der Waals surface area contributed by atoms with Gasteiger partial charge in [0.15, 0.2) is 0 Å². The van der Waals surface area contributed by atoms with E-state index in [0.717, 1.165) is 0 Å². The molecule has 1 aromatic heterocycles. The molecule has 1 rings (SSSR count). The molecule has 0 saturated heterocycles. The fourth-order valence-corrected chi connectivity index (χ4v) is 1.50. The van der Waals surface area contributed by atoms with Crippen LogP contribution in [0.2, 0.25) is 0 Å². The van der Waals surface area contributed by atoms with E-state index in [1.165, 1.54) is 6.07 Å². The maximum absolute atomic E-state index is 12.1. The highest BCUT2D eigenvalue weighted by atomic mass is 127. The van der Waals surface area contributed by atoms with Gasteiger partial charge in [-0.3, -0.25) is 4.79 Å². The highest BCUT2D eigenvalue weighted by Gasteiger charge is 2.33. The Morgan fingerprint density at radius 3 is 2.65 bits per heavy atom. The average molecular weight is 361 g/mol. The summed E-state index contributed by atoms with van der Waals surface area (Å²) in [5.74, 6) is -1.79. The lowest BCUT2D eigenvalue weighted by atomic mass is 10.2. The number of hydrogen-bond donors (Lipinski definition) is 1. The summed E-state index contributed by atoms with van der Waals surface area (Å²) in [6, 6.07) is 1.42. The van der Waals surface area contributed by atoms with E-state index >= 15 is 0 Å². The topological polar surface area (TPSA) is 59.4 Å². The predicted octanol–water partition coefficient (Wildman–Crippen LogP) is 2.52. The molecule has 1 N–H and O–H groups in total. The maximum Gasteiger partial charge on any atom is 0.574 e. The van der Waals surface area contributed by atoms with Gasteiger partial charge in [0.25, 0.3) is 0 Å². The summed E-state index contributed by atoms with van der Waals surface area (Å²) in [4.78, 5) is 14.0. The van der Waals surface area contributed by atoms with Crippen LogP contribution >= 0.6 is 22.6 Å². The molecule has 0 unspecified atom stereocenters. The third-order valence-electron chi connectivity index (χ3n) is 1.71. The van der Waals surface area contributed by atoms with Gasteiger partial charge in [0.05, 0.1) is 15.7 Å². The quantitative estimate of drug-likeness (QED) is 0.841. The fourth-order valence-electron chi connectivity index (χ4n) is 1.12. The van der Waals surface area contributed by atoms with E-state index in [-0.39, 0.29) is 9.26 Å². The molecule has 0 aliphatic heterocycles. The van der Waals surface area contributed by atoms with E-state index in [4.69, 9.17) is 5.11 Å². The number of hydrogen-bond acceptors (Lipinski definition) is 3. The minimum atomic E-state index is -4.85. The Kier molecular flexibility index (Phi) is 4.17. The molecule has 1 aromatic rings. The number of halogens is 4. The van der Waals surface area contributed by atoms with Gasteiger partial charge >= 0.3 is 12.3 Å². The average Bonchev–Trinajstić information content (AvgIpc) is 2.09. The first-order valence-electron chi connectivity index (χ1n) is 4.32. The Morgan fingerprint density at radius 2 is 2.18 bits per heavy atom. The van der Waals surface area contributed by atoms with E-state index in [0.29, 0.717) is 5.56 Å². The molecule has 94 valence electrons. The third kappa shape index (κ3) is 4.36. The molecule has 0 amide bonds. The van der Waals surface area contributed by atoms with Crippen molar-refractivity contribution in [2.75, 3.05) is 0 Å². The van der Waals surface area contributed by atoms with Crippen molar-refractivity contribution in [1.82, 2.24) is 4.98 Å². The van der Waals surface area contributed by atoms with Gasteiger partial charge in [0, 0.05) is 0 Å². The Morgan fingerprint density at radius 1 is 1.59 bits per heavy atom. The molecular formula is C9H7F3INO3. The van der Waals surface area contributed by atoms with E-state index in [1.54, 1.807) is 29.5 Å². The van der Waals surface area contributed by atoms with Gasteiger partial charge in [-0.15, -0.1) is 13.2 Å². The van der Waals surface area contributed by atoms with Crippen LogP contribution in [0.3, 0.4) is 0 Å². The lowest BCUT2D eigenvalue weighted by Crippen LogP contribution is -2.19. The van der Waals surface area contributed by atoms with E-state index in [2.05, 4.69) is 9.72 Å². The summed E-state index contributed by atoms with van der Waals surface area (Å²) in [6.07, 6.45) is -5.30. The highest BCUT2D eigenvalue weighted by molar-refractivity contribution is 14.1. The molecule has 0 spiro atoms. The van der Waals surface area contributed by atoms with Crippen molar-refractivity contribution in [2.45, 2.75) is 19.7 Å². The second-order valence-electron chi connectivity index (χ2n) is 3.17. The Hall–Kier alpha value is -1.06. The van der Waals surface area contributed by atoms with Crippen molar-refractivity contribution in [2.24, 2.45) is 0 Å². The number of pyridine rings is 1. The summed E-state index contributed by atoms with van der Waals surface area (Å²) in [5, 5.41) is 8.55. The van der Waals surface area contributed by atoms with Gasteiger partial charge < -0.3 is 9.84 Å². The molecule has 0 aliphatic carbocycles. The van der Waals surface area contributed by atoms with Gasteiger partial charge in [-0.2, -0.15) is 0 Å². The van der Waals surface area contributed by atoms with Crippen LogP contribution in [0.5, 0.6) is 5.88 Å². The zero-order valence-corrected chi connectivity index (χ0v) is 10.7. The van der Waals surface area contributed by atoms with E-state index < -0.39 is 24.6 Å². The number of carboxylic acids is 1. The van der Waals surface area contributed by atoms with Crippen LogP contribution in [0.25, 0.3) is 0 Å². The third-order valence-corrected chi connectivity index (χ3v) is 3.02. The predicted molar refractivity (Wildman–Crippen MR) is 59.7 cm³/mol. The largest absolute Gasteiger partial charge is 0.574 e. The lowest BCUT2D eigenvalue weighted by Gasteiger charge is -2.12. The number of aryl methyl sites for hydroxylation is 1. The Bertz CT molecular complexity index is 448. The van der Waals surface area contributed by atoms with Crippen molar-refractivity contribution in [3.8, 4) is 5.88 Å². The Balaban J connectivity index is 3.11. The van der Waals surface area contributed by atoms with Crippen LogP contribution in [-0.4, -0.2) is 22.4 Å². The van der Waals surface area contributed by atoms with E-state index in [9.17, 15) is 18.0 Å². The van der Waals surface area contributed by atoms with Crippen LogP contribution in [-0.2, 0) is 11.2 Å². The normalized spacial score (nSPS) is 11.4. The van der Waals surface area contributed by atoms with Crippen molar-refractivity contribution in [1.29, 1.82) is 0 Å². The molecule has 0 aromatic carbocycles. The number of aromatic nitrogens is 1. The molecule has 0 bridgehead atoms. The number of carbonyl (C=O) groups is 1.